The van der Waals surface area contributed by atoms with Crippen LogP contribution >= 0.6 is 11.6 Å². The highest BCUT2D eigenvalue weighted by Crippen LogP contribution is 2.40. The van der Waals surface area contributed by atoms with Gasteiger partial charge in [-0.3, -0.25) is 0 Å². The van der Waals surface area contributed by atoms with Crippen LogP contribution in [0.1, 0.15) is 11.1 Å². The molecule has 0 spiro atoms. The number of nitrogens with zero attached hydrogens (tertiary/aromatic N) is 1. The number of rotatable bonds is 2. The molecule has 0 radical (unpaired) electrons. The minimum atomic E-state index is -0.441. The molecule has 3 nitrogen and oxygen atoms in total. The van der Waals surface area contributed by atoms with Gasteiger partial charge in [0.25, 0.3) is 0 Å². The number of carbonyl (C=O) groups is 1. The van der Waals surface area contributed by atoms with Gasteiger partial charge >= 0.3 is 6.09 Å². The summed E-state index contributed by atoms with van der Waals surface area (Å²) in [6, 6.07) is 24.5. The van der Waals surface area contributed by atoms with E-state index in [1.54, 1.807) is 11.0 Å². The second-order valence-corrected chi connectivity index (χ2v) is 6.06. The molecule has 25 heavy (non-hydrogen) atoms. The Balaban J connectivity index is 1.87. The zero-order chi connectivity index (χ0) is 17.2. The molecule has 0 N–H and O–H groups in total. The van der Waals surface area contributed by atoms with Crippen molar-refractivity contribution in [3.05, 3.63) is 95.0 Å². The van der Waals surface area contributed by atoms with Crippen molar-refractivity contribution in [2.75, 3.05) is 4.90 Å². The molecule has 3 aromatic rings. The molecule has 4 heteroatoms. The molecule has 1 heterocycles. The van der Waals surface area contributed by atoms with Gasteiger partial charge in [0.15, 0.2) is 0 Å². The minimum Gasteiger partial charge on any atom is -0.409 e. The number of fused-ring (bicyclic) bond motifs is 1. The second kappa shape index (κ2) is 6.46. The van der Waals surface area contributed by atoms with E-state index in [1.165, 1.54) is 0 Å². The van der Waals surface area contributed by atoms with Crippen LogP contribution in [0.2, 0.25) is 5.02 Å². The van der Waals surface area contributed by atoms with Crippen LogP contribution in [-0.4, -0.2) is 6.09 Å². The van der Waals surface area contributed by atoms with Gasteiger partial charge in [0.05, 0.1) is 11.4 Å². The molecule has 1 aliphatic heterocycles. The normalized spacial score (nSPS) is 15.0. The summed E-state index contributed by atoms with van der Waals surface area (Å²) in [5.74, 6) is 0.487. The molecule has 0 saturated heterocycles. The molecule has 1 aliphatic rings. The molecule has 0 saturated carbocycles. The third kappa shape index (κ3) is 3.02. The Morgan fingerprint density at radius 3 is 2.28 bits per heavy atom. The van der Waals surface area contributed by atoms with Crippen molar-refractivity contribution in [2.45, 2.75) is 0 Å². The quantitative estimate of drug-likeness (QED) is 0.558. The zero-order valence-electron chi connectivity index (χ0n) is 13.2. The summed E-state index contributed by atoms with van der Waals surface area (Å²) >= 11 is 6.19. The Morgan fingerprint density at radius 1 is 0.880 bits per heavy atom. The summed E-state index contributed by atoms with van der Waals surface area (Å²) in [5, 5.41) is 0.587. The molecular weight excluding hydrogens is 334 g/mol. The molecule has 0 fully saturated rings. The predicted octanol–water partition coefficient (Wildman–Crippen LogP) is 6.13. The molecule has 0 aromatic heterocycles. The van der Waals surface area contributed by atoms with Gasteiger partial charge in [-0.1, -0.05) is 60.1 Å². The summed E-state index contributed by atoms with van der Waals surface area (Å²) in [5.41, 5.74) is 3.22. The fourth-order valence-electron chi connectivity index (χ4n) is 2.82. The lowest BCUT2D eigenvalue weighted by molar-refractivity contribution is 0.200. The number of cyclic esters (lactones) is 1. The summed E-state index contributed by atoms with van der Waals surface area (Å²) in [4.78, 5) is 14.2. The SMILES string of the molecule is O=C1O/C(=C\c2ccccc2)c2cc(Cl)ccc2N1c1ccccc1. The monoisotopic (exact) mass is 347 g/mol. The van der Waals surface area contributed by atoms with E-state index in [9.17, 15) is 4.79 Å². The molecular formula is C21H14ClNO2. The molecule has 0 unspecified atom stereocenters. The van der Waals surface area contributed by atoms with Gasteiger partial charge in [-0.05, 0) is 42.0 Å². The van der Waals surface area contributed by atoms with E-state index in [2.05, 4.69) is 0 Å². The largest absolute Gasteiger partial charge is 0.424 e. The first-order valence-electron chi connectivity index (χ1n) is 7.86. The van der Waals surface area contributed by atoms with E-state index >= 15 is 0 Å². The van der Waals surface area contributed by atoms with Crippen molar-refractivity contribution in [1.29, 1.82) is 0 Å². The van der Waals surface area contributed by atoms with Crippen LogP contribution < -0.4 is 4.90 Å². The van der Waals surface area contributed by atoms with Crippen molar-refractivity contribution in [2.24, 2.45) is 0 Å². The van der Waals surface area contributed by atoms with E-state index in [4.69, 9.17) is 16.3 Å². The van der Waals surface area contributed by atoms with Crippen molar-refractivity contribution in [1.82, 2.24) is 0 Å². The van der Waals surface area contributed by atoms with E-state index in [0.29, 0.717) is 10.8 Å². The number of benzene rings is 3. The summed E-state index contributed by atoms with van der Waals surface area (Å²) < 4.78 is 5.63. The highest BCUT2D eigenvalue weighted by atomic mass is 35.5. The van der Waals surface area contributed by atoms with Crippen LogP contribution in [0.3, 0.4) is 0 Å². The first-order valence-corrected chi connectivity index (χ1v) is 8.24. The minimum absolute atomic E-state index is 0.441. The van der Waals surface area contributed by atoms with Gasteiger partial charge in [0.1, 0.15) is 5.76 Å². The Bertz CT molecular complexity index is 952. The maximum Gasteiger partial charge on any atom is 0.424 e. The lowest BCUT2D eigenvalue weighted by atomic mass is 10.1. The Kier molecular flexibility index (Phi) is 4.00. The van der Waals surface area contributed by atoms with Gasteiger partial charge in [-0.25, -0.2) is 9.69 Å². The summed E-state index contributed by atoms with van der Waals surface area (Å²) in [6.45, 7) is 0. The maximum atomic E-state index is 12.7. The van der Waals surface area contributed by atoms with Crippen LogP contribution in [0.15, 0.2) is 78.9 Å². The number of amides is 1. The van der Waals surface area contributed by atoms with E-state index in [0.717, 1.165) is 22.5 Å². The van der Waals surface area contributed by atoms with Crippen molar-refractivity contribution >= 4 is 40.9 Å². The van der Waals surface area contributed by atoms with Crippen LogP contribution in [-0.2, 0) is 4.74 Å². The van der Waals surface area contributed by atoms with Gasteiger partial charge in [0.2, 0.25) is 0 Å². The fourth-order valence-corrected chi connectivity index (χ4v) is 3.00. The predicted molar refractivity (Wildman–Crippen MR) is 101 cm³/mol. The van der Waals surface area contributed by atoms with Gasteiger partial charge in [-0.2, -0.15) is 0 Å². The van der Waals surface area contributed by atoms with Crippen LogP contribution in [0.4, 0.5) is 16.2 Å². The number of hydrogen-bond acceptors (Lipinski definition) is 2. The smallest absolute Gasteiger partial charge is 0.409 e. The molecule has 122 valence electrons. The first kappa shape index (κ1) is 15.5. The van der Waals surface area contributed by atoms with Crippen molar-refractivity contribution in [3.8, 4) is 0 Å². The molecule has 4 rings (SSSR count). The lowest BCUT2D eigenvalue weighted by Crippen LogP contribution is -2.31. The number of carbonyl (C=O) groups excluding carboxylic acids is 1. The Morgan fingerprint density at radius 2 is 1.56 bits per heavy atom. The van der Waals surface area contributed by atoms with Gasteiger partial charge in [-0.15, -0.1) is 0 Å². The number of hydrogen-bond donors (Lipinski definition) is 0. The number of ether oxygens (including phenoxy) is 1. The number of anilines is 2. The fraction of sp³-hybridized carbons (Fsp3) is 0. The van der Waals surface area contributed by atoms with Crippen LogP contribution in [0.25, 0.3) is 11.8 Å². The molecule has 3 aromatic carbocycles. The molecule has 0 atom stereocenters. The van der Waals surface area contributed by atoms with Gasteiger partial charge in [0, 0.05) is 10.6 Å². The average Bonchev–Trinajstić information content (AvgIpc) is 2.64. The highest BCUT2D eigenvalue weighted by Gasteiger charge is 2.30. The van der Waals surface area contributed by atoms with Crippen molar-refractivity contribution < 1.29 is 9.53 Å². The molecule has 0 aliphatic carbocycles. The summed E-state index contributed by atoms with van der Waals surface area (Å²) in [7, 11) is 0. The first-order chi connectivity index (χ1) is 12.2. The van der Waals surface area contributed by atoms with E-state index in [1.807, 2.05) is 78.9 Å². The maximum absolute atomic E-state index is 12.7. The Hall–Kier alpha value is -3.04. The van der Waals surface area contributed by atoms with E-state index in [-0.39, 0.29) is 0 Å². The van der Waals surface area contributed by atoms with Gasteiger partial charge < -0.3 is 4.74 Å². The lowest BCUT2D eigenvalue weighted by Gasteiger charge is -2.30. The molecule has 0 bridgehead atoms. The average molecular weight is 348 g/mol. The highest BCUT2D eigenvalue weighted by molar-refractivity contribution is 6.31. The third-order valence-corrected chi connectivity index (χ3v) is 4.19. The van der Waals surface area contributed by atoms with Crippen molar-refractivity contribution in [3.63, 3.8) is 0 Å². The number of halogens is 1. The standard InChI is InChI=1S/C21H14ClNO2/c22-16-11-12-19-18(14-16)20(13-15-7-3-1-4-8-15)25-21(24)23(19)17-9-5-2-6-10-17/h1-14H/b20-13-. The zero-order valence-corrected chi connectivity index (χ0v) is 14.0. The van der Waals surface area contributed by atoms with Crippen LogP contribution in [0, 0.1) is 0 Å². The van der Waals surface area contributed by atoms with Crippen LogP contribution in [0.5, 0.6) is 0 Å². The second-order valence-electron chi connectivity index (χ2n) is 5.62. The van der Waals surface area contributed by atoms with E-state index < -0.39 is 6.09 Å². The third-order valence-electron chi connectivity index (χ3n) is 3.96. The topological polar surface area (TPSA) is 29.5 Å². The molecule has 1 amide bonds. The number of para-hydroxylation sites is 1. The summed E-state index contributed by atoms with van der Waals surface area (Å²) in [6.07, 6.45) is 1.40. The Labute approximate surface area is 150 Å².